The summed E-state index contributed by atoms with van der Waals surface area (Å²) in [6.45, 7) is 11.2. The largest absolute Gasteiger partial charge is 0.120 e. The van der Waals surface area contributed by atoms with Crippen LogP contribution >= 0.6 is 0 Å². The highest BCUT2D eigenvalue weighted by Gasteiger charge is 2.24. The van der Waals surface area contributed by atoms with Gasteiger partial charge in [0, 0.05) is 11.8 Å². The van der Waals surface area contributed by atoms with E-state index in [4.69, 9.17) is 12.8 Å². The SMILES string of the molecule is C#CC(CC(CCC)C(C#C)CC)CC(C)(C)C. The Morgan fingerprint density at radius 3 is 2.00 bits per heavy atom. The van der Waals surface area contributed by atoms with Crippen molar-refractivity contribution in [3.05, 3.63) is 0 Å². The molecule has 0 heteroatoms. The fourth-order valence-electron chi connectivity index (χ4n) is 2.76. The van der Waals surface area contributed by atoms with Crippen LogP contribution in [0.4, 0.5) is 0 Å². The molecule has 0 aliphatic heterocycles. The fourth-order valence-corrected chi connectivity index (χ4v) is 2.76. The van der Waals surface area contributed by atoms with E-state index in [1.165, 1.54) is 12.8 Å². The normalized spacial score (nSPS) is 16.4. The monoisotopic (exact) mass is 246 g/mol. The quantitative estimate of drug-likeness (QED) is 0.546. The van der Waals surface area contributed by atoms with Gasteiger partial charge in [-0.2, -0.15) is 0 Å². The minimum Gasteiger partial charge on any atom is -0.120 e. The van der Waals surface area contributed by atoms with Gasteiger partial charge in [-0.05, 0) is 37.0 Å². The number of hydrogen-bond donors (Lipinski definition) is 0. The van der Waals surface area contributed by atoms with E-state index in [0.717, 1.165) is 19.3 Å². The van der Waals surface area contributed by atoms with E-state index in [9.17, 15) is 0 Å². The molecule has 0 radical (unpaired) electrons. The van der Waals surface area contributed by atoms with Gasteiger partial charge in [0.05, 0.1) is 0 Å². The highest BCUT2D eigenvalue weighted by molar-refractivity contribution is 5.00. The van der Waals surface area contributed by atoms with E-state index in [2.05, 4.69) is 46.5 Å². The van der Waals surface area contributed by atoms with Gasteiger partial charge in [-0.15, -0.1) is 24.7 Å². The molecule has 0 heterocycles. The van der Waals surface area contributed by atoms with Crippen LogP contribution in [0.15, 0.2) is 0 Å². The summed E-state index contributed by atoms with van der Waals surface area (Å²) in [6, 6.07) is 0. The lowest BCUT2D eigenvalue weighted by Crippen LogP contribution is -2.20. The zero-order chi connectivity index (χ0) is 14.2. The highest BCUT2D eigenvalue weighted by Crippen LogP contribution is 2.33. The summed E-state index contributed by atoms with van der Waals surface area (Å²) in [6.07, 6.45) is 17.0. The summed E-state index contributed by atoms with van der Waals surface area (Å²) < 4.78 is 0. The van der Waals surface area contributed by atoms with Crippen molar-refractivity contribution < 1.29 is 0 Å². The third kappa shape index (κ3) is 6.76. The second kappa shape index (κ2) is 8.26. The Morgan fingerprint density at radius 1 is 1.06 bits per heavy atom. The first-order valence-corrected chi connectivity index (χ1v) is 7.30. The van der Waals surface area contributed by atoms with Crippen LogP contribution in [0.1, 0.15) is 66.7 Å². The van der Waals surface area contributed by atoms with Gasteiger partial charge in [0.2, 0.25) is 0 Å². The molecule has 18 heavy (non-hydrogen) atoms. The maximum absolute atomic E-state index is 5.71. The zero-order valence-corrected chi connectivity index (χ0v) is 12.9. The van der Waals surface area contributed by atoms with Crippen LogP contribution in [-0.2, 0) is 0 Å². The molecule has 0 aromatic carbocycles. The Bertz CT molecular complexity index is 291. The minimum atomic E-state index is 0.297. The Labute approximate surface area is 115 Å². The van der Waals surface area contributed by atoms with Gasteiger partial charge < -0.3 is 0 Å². The molecule has 0 saturated heterocycles. The first kappa shape index (κ1) is 17.1. The summed E-state index contributed by atoms with van der Waals surface area (Å²) >= 11 is 0. The van der Waals surface area contributed by atoms with Crippen molar-refractivity contribution in [2.24, 2.45) is 23.2 Å². The van der Waals surface area contributed by atoms with Crippen molar-refractivity contribution in [1.82, 2.24) is 0 Å². The first-order valence-electron chi connectivity index (χ1n) is 7.30. The van der Waals surface area contributed by atoms with Gasteiger partial charge in [-0.3, -0.25) is 0 Å². The molecule has 0 aliphatic rings. The van der Waals surface area contributed by atoms with Crippen molar-refractivity contribution in [2.75, 3.05) is 0 Å². The van der Waals surface area contributed by atoms with Crippen molar-refractivity contribution in [1.29, 1.82) is 0 Å². The fraction of sp³-hybridized carbons (Fsp3) is 0.778. The number of rotatable bonds is 7. The lowest BCUT2D eigenvalue weighted by Gasteiger charge is -2.28. The van der Waals surface area contributed by atoms with Gasteiger partial charge in [-0.25, -0.2) is 0 Å². The molecule has 0 spiro atoms. The second-order valence-electron chi connectivity index (χ2n) is 6.59. The van der Waals surface area contributed by atoms with Crippen LogP contribution in [0, 0.1) is 47.9 Å². The summed E-state index contributed by atoms with van der Waals surface area (Å²) in [4.78, 5) is 0. The van der Waals surface area contributed by atoms with E-state index >= 15 is 0 Å². The highest BCUT2D eigenvalue weighted by atomic mass is 14.3. The van der Waals surface area contributed by atoms with E-state index in [1.54, 1.807) is 0 Å². The molecule has 0 fully saturated rings. The Balaban J connectivity index is 4.65. The third-order valence-corrected chi connectivity index (χ3v) is 3.56. The van der Waals surface area contributed by atoms with Crippen LogP contribution in [0.2, 0.25) is 0 Å². The zero-order valence-electron chi connectivity index (χ0n) is 12.9. The first-order chi connectivity index (χ1) is 8.37. The Kier molecular flexibility index (Phi) is 7.86. The molecule has 0 aliphatic carbocycles. The molecule has 3 atom stereocenters. The molecule has 3 unspecified atom stereocenters. The van der Waals surface area contributed by atoms with E-state index in [1.807, 2.05) is 0 Å². The van der Waals surface area contributed by atoms with Gasteiger partial charge in [0.25, 0.3) is 0 Å². The minimum absolute atomic E-state index is 0.297. The third-order valence-electron chi connectivity index (χ3n) is 3.56. The van der Waals surface area contributed by atoms with Crippen LogP contribution < -0.4 is 0 Å². The summed E-state index contributed by atoms with van der Waals surface area (Å²) in [5.74, 6) is 7.29. The van der Waals surface area contributed by atoms with Crippen LogP contribution in [0.5, 0.6) is 0 Å². The number of hydrogen-bond acceptors (Lipinski definition) is 0. The topological polar surface area (TPSA) is 0 Å². The van der Waals surface area contributed by atoms with E-state index in [0.29, 0.717) is 23.2 Å². The molecule has 0 N–H and O–H groups in total. The van der Waals surface area contributed by atoms with Crippen molar-refractivity contribution in [2.45, 2.75) is 66.7 Å². The average molecular weight is 246 g/mol. The van der Waals surface area contributed by atoms with Crippen LogP contribution in [0.25, 0.3) is 0 Å². The van der Waals surface area contributed by atoms with E-state index < -0.39 is 0 Å². The van der Waals surface area contributed by atoms with E-state index in [-0.39, 0.29) is 0 Å². The summed E-state index contributed by atoms with van der Waals surface area (Å²) in [7, 11) is 0. The smallest absolute Gasteiger partial charge is 0.0226 e. The molecule has 102 valence electrons. The predicted molar refractivity (Wildman–Crippen MR) is 82.0 cm³/mol. The van der Waals surface area contributed by atoms with Crippen LogP contribution in [0.3, 0.4) is 0 Å². The van der Waals surface area contributed by atoms with Crippen LogP contribution in [-0.4, -0.2) is 0 Å². The summed E-state index contributed by atoms with van der Waals surface area (Å²) in [5, 5.41) is 0. The number of terminal acetylenes is 2. The lowest BCUT2D eigenvalue weighted by atomic mass is 9.76. The molecule has 0 nitrogen and oxygen atoms in total. The Morgan fingerprint density at radius 2 is 1.67 bits per heavy atom. The lowest BCUT2D eigenvalue weighted by molar-refractivity contribution is 0.258. The maximum atomic E-state index is 5.71. The molecule has 0 saturated carbocycles. The van der Waals surface area contributed by atoms with Gasteiger partial charge in [0.15, 0.2) is 0 Å². The average Bonchev–Trinajstić information content (AvgIpc) is 2.28. The molecule has 0 aromatic heterocycles. The Hall–Kier alpha value is -0.880. The van der Waals surface area contributed by atoms with Gasteiger partial charge in [-0.1, -0.05) is 41.0 Å². The predicted octanol–water partition coefficient (Wildman–Crippen LogP) is 5.14. The summed E-state index contributed by atoms with van der Waals surface area (Å²) in [5.41, 5.74) is 0.297. The molecule has 0 amide bonds. The molecule has 0 bridgehead atoms. The molecular formula is C18H30. The van der Waals surface area contributed by atoms with Crippen molar-refractivity contribution in [3.8, 4) is 24.7 Å². The van der Waals surface area contributed by atoms with Crippen molar-refractivity contribution in [3.63, 3.8) is 0 Å². The molecule has 0 aromatic rings. The van der Waals surface area contributed by atoms with Gasteiger partial charge >= 0.3 is 0 Å². The molecule has 0 rings (SSSR count). The standard InChI is InChI=1S/C18H30/c1-8-12-17(16(10-3)11-4)13-15(9-2)14-18(5,6)7/h2-3,15-17H,8,11-14H2,1,4-7H3. The van der Waals surface area contributed by atoms with Crippen molar-refractivity contribution >= 4 is 0 Å². The molecular weight excluding hydrogens is 216 g/mol. The second-order valence-corrected chi connectivity index (χ2v) is 6.59. The maximum Gasteiger partial charge on any atom is 0.0226 e. The van der Waals surface area contributed by atoms with Gasteiger partial charge in [0.1, 0.15) is 0 Å².